The quantitative estimate of drug-likeness (QED) is 0.355. The number of hydrogen-bond donors (Lipinski definition) is 1. The van der Waals surface area contributed by atoms with Gasteiger partial charge in [0.15, 0.2) is 11.0 Å². The minimum absolute atomic E-state index is 0.102. The number of aromatic nitrogens is 4. The first-order valence-electron chi connectivity index (χ1n) is 9.77. The summed E-state index contributed by atoms with van der Waals surface area (Å²) in [6, 6.07) is 12.0. The molecule has 3 aromatic rings. The smallest absolute Gasteiger partial charge is 0.250 e. The summed E-state index contributed by atoms with van der Waals surface area (Å²) in [6.07, 6.45) is 4.92. The van der Waals surface area contributed by atoms with Gasteiger partial charge in [0.2, 0.25) is 0 Å². The van der Waals surface area contributed by atoms with Crippen molar-refractivity contribution in [1.82, 2.24) is 25.2 Å². The molecule has 0 bridgehead atoms. The summed E-state index contributed by atoms with van der Waals surface area (Å²) in [6.45, 7) is 9.33. The lowest BCUT2D eigenvalue weighted by Crippen LogP contribution is -2.20. The lowest BCUT2D eigenvalue weighted by atomic mass is 9.87. The predicted octanol–water partition coefficient (Wildman–Crippen LogP) is 3.90. The van der Waals surface area contributed by atoms with E-state index in [2.05, 4.69) is 70.7 Å². The number of pyridine rings is 1. The topological polar surface area (TPSA) is 85.1 Å². The number of nitrogens with zero attached hydrogens (tertiary/aromatic N) is 5. The Labute approximate surface area is 181 Å². The summed E-state index contributed by atoms with van der Waals surface area (Å²) < 4.78 is 2.02. The van der Waals surface area contributed by atoms with E-state index in [4.69, 9.17) is 0 Å². The second-order valence-electron chi connectivity index (χ2n) is 7.74. The molecule has 1 aromatic carbocycles. The van der Waals surface area contributed by atoms with Crippen LogP contribution in [0, 0.1) is 0 Å². The first-order chi connectivity index (χ1) is 14.4. The van der Waals surface area contributed by atoms with Gasteiger partial charge >= 0.3 is 0 Å². The maximum absolute atomic E-state index is 12.1. The number of rotatable bonds is 7. The van der Waals surface area contributed by atoms with E-state index in [0.29, 0.717) is 11.7 Å². The number of amides is 1. The lowest BCUT2D eigenvalue weighted by Gasteiger charge is -2.19. The first kappa shape index (κ1) is 21.7. The Hall–Kier alpha value is -3.00. The minimum Gasteiger partial charge on any atom is -0.302 e. The molecule has 0 unspecified atom stereocenters. The van der Waals surface area contributed by atoms with E-state index >= 15 is 0 Å². The van der Waals surface area contributed by atoms with Gasteiger partial charge < -0.3 is 4.57 Å². The predicted molar refractivity (Wildman–Crippen MR) is 121 cm³/mol. The minimum atomic E-state index is -0.202. The summed E-state index contributed by atoms with van der Waals surface area (Å²) in [5, 5.41) is 13.3. The number of hydrazone groups is 1. The zero-order chi connectivity index (χ0) is 21.6. The van der Waals surface area contributed by atoms with Crippen LogP contribution < -0.4 is 5.43 Å². The molecule has 156 valence electrons. The average molecular weight is 423 g/mol. The molecule has 8 heteroatoms. The van der Waals surface area contributed by atoms with E-state index in [1.54, 1.807) is 18.6 Å². The fourth-order valence-corrected chi connectivity index (χ4v) is 3.60. The van der Waals surface area contributed by atoms with Crippen LogP contribution in [0.25, 0.3) is 11.4 Å². The van der Waals surface area contributed by atoms with Crippen molar-refractivity contribution in [2.24, 2.45) is 5.10 Å². The molecule has 2 heterocycles. The maximum atomic E-state index is 12.1. The summed E-state index contributed by atoms with van der Waals surface area (Å²) >= 11 is 1.34. The van der Waals surface area contributed by atoms with Gasteiger partial charge in [0.1, 0.15) is 0 Å². The normalized spacial score (nSPS) is 11.7. The van der Waals surface area contributed by atoms with E-state index in [0.717, 1.165) is 17.0 Å². The van der Waals surface area contributed by atoms with Crippen molar-refractivity contribution in [3.8, 4) is 11.4 Å². The molecule has 0 aliphatic carbocycles. The Morgan fingerprint density at radius 3 is 2.47 bits per heavy atom. The van der Waals surface area contributed by atoms with Crippen LogP contribution in [0.2, 0.25) is 0 Å². The van der Waals surface area contributed by atoms with Gasteiger partial charge in [-0.15, -0.1) is 10.2 Å². The van der Waals surface area contributed by atoms with Crippen molar-refractivity contribution in [3.63, 3.8) is 0 Å². The molecule has 0 radical (unpaired) electrons. The summed E-state index contributed by atoms with van der Waals surface area (Å²) in [7, 11) is 0. The summed E-state index contributed by atoms with van der Waals surface area (Å²) in [4.78, 5) is 16.0. The lowest BCUT2D eigenvalue weighted by molar-refractivity contribution is -0.118. The van der Waals surface area contributed by atoms with Crippen LogP contribution in [0.3, 0.4) is 0 Å². The van der Waals surface area contributed by atoms with Gasteiger partial charge in [-0.05, 0) is 35.6 Å². The molecule has 2 aromatic heterocycles. The van der Waals surface area contributed by atoms with Crippen LogP contribution >= 0.6 is 11.8 Å². The SMILES string of the molecule is CCn1c(SCC(=O)NN=Cc2ccncc2)nnc1-c1ccc(C(C)(C)C)cc1. The molecule has 1 N–H and O–H groups in total. The standard InChI is InChI=1S/C22H26N6OS/c1-5-28-20(17-6-8-18(9-7-17)22(2,3)4)26-27-21(28)30-15-19(29)25-24-14-16-10-12-23-13-11-16/h6-14H,5,15H2,1-4H3,(H,25,29). The molecule has 0 atom stereocenters. The van der Waals surface area contributed by atoms with Crippen molar-refractivity contribution >= 4 is 23.9 Å². The van der Waals surface area contributed by atoms with Gasteiger partial charge in [0, 0.05) is 24.5 Å². The highest BCUT2D eigenvalue weighted by atomic mass is 32.2. The number of thioether (sulfide) groups is 1. The Morgan fingerprint density at radius 1 is 1.13 bits per heavy atom. The molecule has 7 nitrogen and oxygen atoms in total. The van der Waals surface area contributed by atoms with Crippen LogP contribution in [-0.4, -0.2) is 37.6 Å². The molecule has 0 saturated heterocycles. The average Bonchev–Trinajstić information content (AvgIpc) is 3.15. The van der Waals surface area contributed by atoms with Gasteiger partial charge in [-0.1, -0.05) is 56.8 Å². The number of hydrogen-bond acceptors (Lipinski definition) is 6. The number of nitrogens with one attached hydrogen (secondary N) is 1. The number of carbonyl (C=O) groups excluding carboxylic acids is 1. The molecule has 0 aliphatic rings. The summed E-state index contributed by atoms with van der Waals surface area (Å²) in [5.74, 6) is 0.804. The molecule has 3 rings (SSSR count). The maximum Gasteiger partial charge on any atom is 0.250 e. The van der Waals surface area contributed by atoms with Gasteiger partial charge in [-0.3, -0.25) is 9.78 Å². The van der Waals surface area contributed by atoms with Crippen LogP contribution in [0.5, 0.6) is 0 Å². The Morgan fingerprint density at radius 2 is 1.83 bits per heavy atom. The second kappa shape index (κ2) is 9.67. The van der Waals surface area contributed by atoms with Gasteiger partial charge in [0.05, 0.1) is 12.0 Å². The fraction of sp³-hybridized carbons (Fsp3) is 0.318. The highest BCUT2D eigenvalue weighted by Crippen LogP contribution is 2.27. The monoisotopic (exact) mass is 422 g/mol. The zero-order valence-corrected chi connectivity index (χ0v) is 18.5. The van der Waals surface area contributed by atoms with Gasteiger partial charge in [-0.2, -0.15) is 5.10 Å². The van der Waals surface area contributed by atoms with Crippen LogP contribution in [0.4, 0.5) is 0 Å². The largest absolute Gasteiger partial charge is 0.302 e. The second-order valence-corrected chi connectivity index (χ2v) is 8.68. The Bertz CT molecular complexity index is 1010. The van der Waals surface area contributed by atoms with Gasteiger partial charge in [0.25, 0.3) is 5.91 Å². The Kier molecular flexibility index (Phi) is 6.99. The summed E-state index contributed by atoms with van der Waals surface area (Å²) in [5.41, 5.74) is 5.78. The molecule has 30 heavy (non-hydrogen) atoms. The van der Waals surface area contributed by atoms with Crippen molar-refractivity contribution in [2.45, 2.75) is 44.8 Å². The number of carbonyl (C=O) groups is 1. The molecule has 1 amide bonds. The van der Waals surface area contributed by atoms with E-state index in [1.165, 1.54) is 17.3 Å². The molecule has 0 fully saturated rings. The highest BCUT2D eigenvalue weighted by Gasteiger charge is 2.17. The van der Waals surface area contributed by atoms with Crippen LogP contribution in [0.15, 0.2) is 59.0 Å². The fourth-order valence-electron chi connectivity index (χ4n) is 2.80. The molecule has 0 saturated carbocycles. The first-order valence-corrected chi connectivity index (χ1v) is 10.8. The Balaban J connectivity index is 1.63. The van der Waals surface area contributed by atoms with Crippen molar-refractivity contribution in [3.05, 3.63) is 59.9 Å². The molecule has 0 spiro atoms. The van der Waals surface area contributed by atoms with Crippen LogP contribution in [0.1, 0.15) is 38.8 Å². The number of benzene rings is 1. The van der Waals surface area contributed by atoms with Gasteiger partial charge in [-0.25, -0.2) is 5.43 Å². The molecular formula is C22H26N6OS. The third-order valence-corrected chi connectivity index (χ3v) is 5.45. The van der Waals surface area contributed by atoms with E-state index in [1.807, 2.05) is 23.6 Å². The van der Waals surface area contributed by atoms with E-state index < -0.39 is 0 Å². The zero-order valence-electron chi connectivity index (χ0n) is 17.7. The van der Waals surface area contributed by atoms with E-state index in [9.17, 15) is 4.79 Å². The molecule has 0 aliphatic heterocycles. The van der Waals surface area contributed by atoms with Crippen molar-refractivity contribution in [2.75, 3.05) is 5.75 Å². The van der Waals surface area contributed by atoms with Crippen LogP contribution in [-0.2, 0) is 16.8 Å². The molecular weight excluding hydrogens is 396 g/mol. The third-order valence-electron chi connectivity index (χ3n) is 4.48. The van der Waals surface area contributed by atoms with E-state index in [-0.39, 0.29) is 17.1 Å². The van der Waals surface area contributed by atoms with Crippen molar-refractivity contribution in [1.29, 1.82) is 0 Å². The highest BCUT2D eigenvalue weighted by molar-refractivity contribution is 7.99. The van der Waals surface area contributed by atoms with Crippen molar-refractivity contribution < 1.29 is 4.79 Å². The third kappa shape index (κ3) is 5.54.